The molecule has 1 amide bonds. The Labute approximate surface area is 166 Å². The average Bonchev–Trinajstić information content (AvgIpc) is 3.19. The number of benzene rings is 1. The number of carbonyl (C=O) groups is 1. The standard InChI is InChI=1S/C19H28ClN3O3S/c1-22-12-7-15(8-13-22)6-9-21-19(24)16-4-5-17(20)18(14-16)27(25,26)23-10-2-3-11-23/h4-5,14-15H,2-3,6-13H2,1H3,(H,21,24). The van der Waals surface area contributed by atoms with Crippen LogP contribution in [0.2, 0.25) is 5.02 Å². The van der Waals surface area contributed by atoms with Crippen LogP contribution in [0.4, 0.5) is 0 Å². The molecule has 0 spiro atoms. The Morgan fingerprint density at radius 2 is 1.85 bits per heavy atom. The van der Waals surface area contributed by atoms with Crippen molar-refractivity contribution in [3.05, 3.63) is 28.8 Å². The van der Waals surface area contributed by atoms with Gasteiger partial charge in [-0.25, -0.2) is 8.42 Å². The van der Waals surface area contributed by atoms with Crippen LogP contribution >= 0.6 is 11.6 Å². The van der Waals surface area contributed by atoms with Gasteiger partial charge in [0.1, 0.15) is 4.90 Å². The van der Waals surface area contributed by atoms with Gasteiger partial charge in [-0.3, -0.25) is 4.79 Å². The van der Waals surface area contributed by atoms with E-state index in [2.05, 4.69) is 17.3 Å². The minimum atomic E-state index is -3.65. The van der Waals surface area contributed by atoms with Gasteiger partial charge in [0, 0.05) is 25.2 Å². The molecule has 0 aromatic heterocycles. The number of amides is 1. The molecule has 2 fully saturated rings. The summed E-state index contributed by atoms with van der Waals surface area (Å²) in [6.45, 7) is 3.82. The first-order chi connectivity index (χ1) is 12.9. The Hall–Kier alpha value is -1.15. The molecule has 6 nitrogen and oxygen atoms in total. The van der Waals surface area contributed by atoms with E-state index in [1.165, 1.54) is 16.4 Å². The van der Waals surface area contributed by atoms with E-state index in [0.717, 1.165) is 45.2 Å². The van der Waals surface area contributed by atoms with Gasteiger partial charge in [-0.15, -0.1) is 0 Å². The van der Waals surface area contributed by atoms with Gasteiger partial charge in [0.15, 0.2) is 0 Å². The van der Waals surface area contributed by atoms with Crippen molar-refractivity contribution in [1.29, 1.82) is 0 Å². The van der Waals surface area contributed by atoms with Crippen molar-refractivity contribution >= 4 is 27.5 Å². The first-order valence-electron chi connectivity index (χ1n) is 9.64. The number of halogens is 1. The highest BCUT2D eigenvalue weighted by molar-refractivity contribution is 7.89. The van der Waals surface area contributed by atoms with Crippen molar-refractivity contribution in [2.45, 2.75) is 37.0 Å². The summed E-state index contributed by atoms with van der Waals surface area (Å²) < 4.78 is 27.0. The molecule has 8 heteroatoms. The highest BCUT2D eigenvalue weighted by atomic mass is 35.5. The molecule has 3 rings (SSSR count). The van der Waals surface area contributed by atoms with Crippen LogP contribution in [0, 0.1) is 5.92 Å². The predicted molar refractivity (Wildman–Crippen MR) is 107 cm³/mol. The lowest BCUT2D eigenvalue weighted by molar-refractivity contribution is 0.0948. The summed E-state index contributed by atoms with van der Waals surface area (Å²) in [5.41, 5.74) is 0.334. The highest BCUT2D eigenvalue weighted by Crippen LogP contribution is 2.28. The number of rotatable bonds is 6. The normalized spacial score (nSPS) is 20.1. The first-order valence-corrected chi connectivity index (χ1v) is 11.5. The highest BCUT2D eigenvalue weighted by Gasteiger charge is 2.29. The summed E-state index contributed by atoms with van der Waals surface area (Å²) in [6, 6.07) is 4.48. The first kappa shape index (κ1) is 20.6. The molecule has 1 aromatic carbocycles. The van der Waals surface area contributed by atoms with Crippen molar-refractivity contribution in [3.63, 3.8) is 0 Å². The molecule has 0 bridgehead atoms. The quantitative estimate of drug-likeness (QED) is 0.778. The van der Waals surface area contributed by atoms with Gasteiger partial charge >= 0.3 is 0 Å². The van der Waals surface area contributed by atoms with Crippen LogP contribution in [0.5, 0.6) is 0 Å². The Bertz CT molecular complexity index is 770. The zero-order valence-electron chi connectivity index (χ0n) is 15.8. The Morgan fingerprint density at radius 3 is 2.52 bits per heavy atom. The second-order valence-corrected chi connectivity index (χ2v) is 9.86. The molecule has 0 unspecified atom stereocenters. The number of nitrogens with one attached hydrogen (secondary N) is 1. The summed E-state index contributed by atoms with van der Waals surface area (Å²) in [7, 11) is -1.52. The van der Waals surface area contributed by atoms with Crippen LogP contribution in [-0.2, 0) is 10.0 Å². The minimum absolute atomic E-state index is 0.0223. The smallest absolute Gasteiger partial charge is 0.251 e. The zero-order chi connectivity index (χ0) is 19.4. The van der Waals surface area contributed by atoms with E-state index < -0.39 is 10.0 Å². The fourth-order valence-electron chi connectivity index (χ4n) is 3.75. The molecule has 1 aromatic rings. The molecule has 2 heterocycles. The molecular formula is C19H28ClN3O3S. The summed E-state index contributed by atoms with van der Waals surface area (Å²) in [6.07, 6.45) is 4.98. The third-order valence-corrected chi connectivity index (χ3v) is 7.93. The van der Waals surface area contributed by atoms with E-state index in [1.54, 1.807) is 6.07 Å². The maximum absolute atomic E-state index is 12.8. The van der Waals surface area contributed by atoms with E-state index in [9.17, 15) is 13.2 Å². The molecule has 0 aliphatic carbocycles. The third-order valence-electron chi connectivity index (χ3n) is 5.55. The molecule has 0 saturated carbocycles. The van der Waals surface area contributed by atoms with Crippen LogP contribution in [0.25, 0.3) is 0 Å². The van der Waals surface area contributed by atoms with Gasteiger partial charge < -0.3 is 10.2 Å². The third kappa shape index (κ3) is 5.02. The van der Waals surface area contributed by atoms with Gasteiger partial charge in [-0.2, -0.15) is 4.31 Å². The lowest BCUT2D eigenvalue weighted by Crippen LogP contribution is -2.33. The fourth-order valence-corrected chi connectivity index (χ4v) is 5.77. The van der Waals surface area contributed by atoms with Gasteiger partial charge in [0.25, 0.3) is 5.91 Å². The summed E-state index contributed by atoms with van der Waals surface area (Å²) in [5.74, 6) is 0.385. The maximum atomic E-state index is 12.8. The number of hydrogen-bond acceptors (Lipinski definition) is 4. The molecule has 1 N–H and O–H groups in total. The zero-order valence-corrected chi connectivity index (χ0v) is 17.4. The molecule has 150 valence electrons. The Kier molecular flexibility index (Phi) is 6.78. The minimum Gasteiger partial charge on any atom is -0.352 e. The lowest BCUT2D eigenvalue weighted by Gasteiger charge is -2.28. The van der Waals surface area contributed by atoms with Crippen molar-refractivity contribution in [2.75, 3.05) is 39.8 Å². The number of nitrogens with zero attached hydrogens (tertiary/aromatic N) is 2. The SMILES string of the molecule is CN1CCC(CCNC(=O)c2ccc(Cl)c(S(=O)(=O)N3CCCC3)c2)CC1. The van der Waals surface area contributed by atoms with Crippen LogP contribution in [0.3, 0.4) is 0 Å². The molecule has 2 aliphatic heterocycles. The van der Waals surface area contributed by atoms with Gasteiger partial charge in [0.2, 0.25) is 10.0 Å². The van der Waals surface area contributed by atoms with Gasteiger partial charge in [0.05, 0.1) is 5.02 Å². The van der Waals surface area contributed by atoms with E-state index in [0.29, 0.717) is 31.1 Å². The Balaban J connectivity index is 1.62. The van der Waals surface area contributed by atoms with Crippen molar-refractivity contribution < 1.29 is 13.2 Å². The molecule has 2 saturated heterocycles. The number of hydrogen-bond donors (Lipinski definition) is 1. The van der Waals surface area contributed by atoms with Gasteiger partial charge in [-0.05, 0) is 76.4 Å². The van der Waals surface area contributed by atoms with E-state index in [4.69, 9.17) is 11.6 Å². The van der Waals surface area contributed by atoms with E-state index in [1.807, 2.05) is 0 Å². The second-order valence-electron chi connectivity index (χ2n) is 7.55. The predicted octanol–water partition coefficient (Wildman–Crippen LogP) is 2.59. The van der Waals surface area contributed by atoms with Gasteiger partial charge in [-0.1, -0.05) is 11.6 Å². The largest absolute Gasteiger partial charge is 0.352 e. The van der Waals surface area contributed by atoms with E-state index in [-0.39, 0.29) is 15.8 Å². The summed E-state index contributed by atoms with van der Waals surface area (Å²) in [5, 5.41) is 3.08. The Morgan fingerprint density at radius 1 is 1.19 bits per heavy atom. The summed E-state index contributed by atoms with van der Waals surface area (Å²) in [4.78, 5) is 14.8. The van der Waals surface area contributed by atoms with Crippen LogP contribution in [0.1, 0.15) is 42.5 Å². The van der Waals surface area contributed by atoms with Crippen molar-refractivity contribution in [1.82, 2.24) is 14.5 Å². The molecular weight excluding hydrogens is 386 g/mol. The van der Waals surface area contributed by atoms with E-state index >= 15 is 0 Å². The molecule has 27 heavy (non-hydrogen) atoms. The van der Waals surface area contributed by atoms with Crippen LogP contribution < -0.4 is 5.32 Å². The second kappa shape index (κ2) is 8.90. The van der Waals surface area contributed by atoms with Crippen LogP contribution in [0.15, 0.2) is 23.1 Å². The monoisotopic (exact) mass is 413 g/mol. The maximum Gasteiger partial charge on any atom is 0.251 e. The van der Waals surface area contributed by atoms with Crippen molar-refractivity contribution in [2.24, 2.45) is 5.92 Å². The number of carbonyl (C=O) groups excluding carboxylic acids is 1. The molecule has 0 atom stereocenters. The van der Waals surface area contributed by atoms with Crippen molar-refractivity contribution in [3.8, 4) is 0 Å². The lowest BCUT2D eigenvalue weighted by atomic mass is 9.94. The molecule has 0 radical (unpaired) electrons. The number of sulfonamides is 1. The summed E-state index contributed by atoms with van der Waals surface area (Å²) >= 11 is 6.14. The number of likely N-dealkylation sites (tertiary alicyclic amines) is 1. The van der Waals surface area contributed by atoms with Crippen LogP contribution in [-0.4, -0.2) is 63.3 Å². The molecule has 2 aliphatic rings. The number of piperidine rings is 1. The topological polar surface area (TPSA) is 69.7 Å². The average molecular weight is 414 g/mol. The fraction of sp³-hybridized carbons (Fsp3) is 0.632.